The van der Waals surface area contributed by atoms with Gasteiger partial charge in [0.2, 0.25) is 0 Å². The fourth-order valence-electron chi connectivity index (χ4n) is 3.14. The van der Waals surface area contributed by atoms with Gasteiger partial charge in [0.25, 0.3) is 0 Å². The molecule has 1 saturated carbocycles. The number of likely N-dealkylation sites (N-methyl/N-ethyl adjacent to an activating group) is 2. The summed E-state index contributed by atoms with van der Waals surface area (Å²) in [4.78, 5) is 2.39. The Labute approximate surface area is 102 Å². The van der Waals surface area contributed by atoms with Gasteiger partial charge in [0.1, 0.15) is 0 Å². The van der Waals surface area contributed by atoms with Gasteiger partial charge in [-0.25, -0.2) is 0 Å². The van der Waals surface area contributed by atoms with Crippen LogP contribution in [0.3, 0.4) is 0 Å². The summed E-state index contributed by atoms with van der Waals surface area (Å²) in [5.74, 6) is 0.961. The van der Waals surface area contributed by atoms with Crippen molar-refractivity contribution in [3.8, 4) is 0 Å². The van der Waals surface area contributed by atoms with Crippen LogP contribution in [0.2, 0.25) is 0 Å². The predicted molar refractivity (Wildman–Crippen MR) is 71.8 cm³/mol. The third-order valence-corrected chi connectivity index (χ3v) is 4.88. The lowest BCUT2D eigenvalue weighted by Gasteiger charge is -2.43. The lowest BCUT2D eigenvalue weighted by molar-refractivity contribution is 0.103. The summed E-state index contributed by atoms with van der Waals surface area (Å²) >= 11 is 0. The van der Waals surface area contributed by atoms with Crippen LogP contribution >= 0.6 is 0 Å². The Hall–Kier alpha value is -0.0800. The van der Waals surface area contributed by atoms with Gasteiger partial charge in [-0.2, -0.15) is 0 Å². The lowest BCUT2D eigenvalue weighted by atomic mass is 9.82. The minimum absolute atomic E-state index is 0.289. The first-order valence-electron chi connectivity index (χ1n) is 6.89. The standard InChI is InChI=1S/C14H30N2/c1-6-14(2,16(4)5)13(15-3)11-12-9-7-8-10-12/h12-13,15H,6-11H2,1-5H3. The van der Waals surface area contributed by atoms with Gasteiger partial charge in [0.05, 0.1) is 0 Å². The zero-order valence-corrected chi connectivity index (χ0v) is 11.8. The molecular formula is C14H30N2. The van der Waals surface area contributed by atoms with Crippen LogP contribution in [0.5, 0.6) is 0 Å². The maximum Gasteiger partial charge on any atom is 0.0325 e. The minimum Gasteiger partial charge on any atom is -0.315 e. The lowest BCUT2D eigenvalue weighted by Crippen LogP contribution is -2.56. The van der Waals surface area contributed by atoms with Gasteiger partial charge in [-0.15, -0.1) is 0 Å². The Morgan fingerprint density at radius 1 is 1.31 bits per heavy atom. The molecule has 0 amide bonds. The molecule has 2 heteroatoms. The highest BCUT2D eigenvalue weighted by atomic mass is 15.2. The van der Waals surface area contributed by atoms with E-state index in [0.29, 0.717) is 6.04 Å². The summed E-state index contributed by atoms with van der Waals surface area (Å²) in [5, 5.41) is 3.56. The second-order valence-electron chi connectivity index (χ2n) is 5.83. The van der Waals surface area contributed by atoms with Gasteiger partial charge in [-0.1, -0.05) is 32.6 Å². The SMILES string of the molecule is CCC(C)(C(CC1CCCC1)NC)N(C)C. The maximum absolute atomic E-state index is 3.56. The minimum atomic E-state index is 0.289. The molecule has 2 unspecified atom stereocenters. The fraction of sp³-hybridized carbons (Fsp3) is 1.00. The summed E-state index contributed by atoms with van der Waals surface area (Å²) in [6, 6.07) is 0.621. The number of nitrogens with zero attached hydrogens (tertiary/aromatic N) is 1. The van der Waals surface area contributed by atoms with Crippen LogP contribution in [-0.4, -0.2) is 37.6 Å². The molecule has 2 nitrogen and oxygen atoms in total. The van der Waals surface area contributed by atoms with E-state index in [9.17, 15) is 0 Å². The topological polar surface area (TPSA) is 15.3 Å². The molecule has 0 spiro atoms. The van der Waals surface area contributed by atoms with Crippen molar-refractivity contribution in [1.29, 1.82) is 0 Å². The molecule has 0 aliphatic heterocycles. The van der Waals surface area contributed by atoms with E-state index in [1.54, 1.807) is 0 Å². The molecule has 0 saturated heterocycles. The van der Waals surface area contributed by atoms with Crippen molar-refractivity contribution in [2.45, 2.75) is 64.0 Å². The van der Waals surface area contributed by atoms with Crippen LogP contribution in [0.15, 0.2) is 0 Å². The van der Waals surface area contributed by atoms with Crippen molar-refractivity contribution in [1.82, 2.24) is 10.2 Å². The zero-order valence-electron chi connectivity index (χ0n) is 11.8. The summed E-state index contributed by atoms with van der Waals surface area (Å²) in [7, 11) is 6.54. The van der Waals surface area contributed by atoms with Crippen LogP contribution in [0.4, 0.5) is 0 Å². The largest absolute Gasteiger partial charge is 0.315 e. The molecule has 0 aromatic heterocycles. The second-order valence-corrected chi connectivity index (χ2v) is 5.83. The highest BCUT2D eigenvalue weighted by Gasteiger charge is 2.35. The molecule has 0 bridgehead atoms. The Morgan fingerprint density at radius 3 is 2.25 bits per heavy atom. The van der Waals surface area contributed by atoms with Gasteiger partial charge < -0.3 is 10.2 Å². The van der Waals surface area contributed by atoms with E-state index < -0.39 is 0 Å². The molecule has 0 radical (unpaired) electrons. The third kappa shape index (κ3) is 2.98. The first-order valence-corrected chi connectivity index (χ1v) is 6.89. The summed E-state index contributed by atoms with van der Waals surface area (Å²) in [6.07, 6.45) is 8.35. The molecule has 0 aromatic rings. The number of rotatable bonds is 6. The molecule has 1 fully saturated rings. The van der Waals surface area contributed by atoms with Gasteiger partial charge >= 0.3 is 0 Å². The first-order chi connectivity index (χ1) is 7.54. The molecular weight excluding hydrogens is 196 g/mol. The predicted octanol–water partition coefficient (Wildman–Crippen LogP) is 2.89. The summed E-state index contributed by atoms with van der Waals surface area (Å²) in [5.41, 5.74) is 0.289. The van der Waals surface area contributed by atoms with Crippen LogP contribution in [0.1, 0.15) is 52.4 Å². The van der Waals surface area contributed by atoms with E-state index in [1.807, 2.05) is 0 Å². The quantitative estimate of drug-likeness (QED) is 0.749. The van der Waals surface area contributed by atoms with Crippen molar-refractivity contribution in [3.63, 3.8) is 0 Å². The van der Waals surface area contributed by atoms with E-state index in [-0.39, 0.29) is 5.54 Å². The van der Waals surface area contributed by atoms with Gasteiger partial charge in [0.15, 0.2) is 0 Å². The highest BCUT2D eigenvalue weighted by molar-refractivity contribution is 4.95. The van der Waals surface area contributed by atoms with Crippen LogP contribution < -0.4 is 5.32 Å². The normalized spacial score (nSPS) is 23.6. The van der Waals surface area contributed by atoms with Crippen molar-refractivity contribution >= 4 is 0 Å². The van der Waals surface area contributed by atoms with Crippen molar-refractivity contribution in [2.24, 2.45) is 5.92 Å². The maximum atomic E-state index is 3.56. The average molecular weight is 226 g/mol. The van der Waals surface area contributed by atoms with E-state index in [4.69, 9.17) is 0 Å². The van der Waals surface area contributed by atoms with E-state index >= 15 is 0 Å². The molecule has 16 heavy (non-hydrogen) atoms. The number of hydrogen-bond donors (Lipinski definition) is 1. The molecule has 0 heterocycles. The van der Waals surface area contributed by atoms with Gasteiger partial charge in [-0.05, 0) is 46.8 Å². The van der Waals surface area contributed by atoms with Crippen LogP contribution in [-0.2, 0) is 0 Å². The van der Waals surface area contributed by atoms with E-state index in [0.717, 1.165) is 5.92 Å². The van der Waals surface area contributed by atoms with Crippen LogP contribution in [0.25, 0.3) is 0 Å². The molecule has 1 rings (SSSR count). The van der Waals surface area contributed by atoms with Crippen molar-refractivity contribution in [2.75, 3.05) is 21.1 Å². The first kappa shape index (κ1) is 14.0. The van der Waals surface area contributed by atoms with E-state index in [1.165, 1.54) is 38.5 Å². The number of hydrogen-bond acceptors (Lipinski definition) is 2. The Morgan fingerprint density at radius 2 is 1.88 bits per heavy atom. The molecule has 0 aromatic carbocycles. The Balaban J connectivity index is 2.63. The monoisotopic (exact) mass is 226 g/mol. The Bertz CT molecular complexity index is 197. The smallest absolute Gasteiger partial charge is 0.0325 e. The molecule has 96 valence electrons. The third-order valence-electron chi connectivity index (χ3n) is 4.88. The second kappa shape index (κ2) is 6.02. The fourth-order valence-corrected chi connectivity index (χ4v) is 3.14. The molecule has 2 atom stereocenters. The number of nitrogens with one attached hydrogen (secondary N) is 1. The molecule has 1 aliphatic rings. The zero-order chi connectivity index (χ0) is 12.2. The van der Waals surface area contributed by atoms with Crippen LogP contribution in [0, 0.1) is 5.92 Å². The highest BCUT2D eigenvalue weighted by Crippen LogP contribution is 2.33. The molecule has 1 aliphatic carbocycles. The summed E-state index contributed by atoms with van der Waals surface area (Å²) in [6.45, 7) is 4.70. The van der Waals surface area contributed by atoms with Crippen molar-refractivity contribution in [3.05, 3.63) is 0 Å². The van der Waals surface area contributed by atoms with Crippen molar-refractivity contribution < 1.29 is 0 Å². The average Bonchev–Trinajstić information content (AvgIpc) is 2.77. The van der Waals surface area contributed by atoms with Gasteiger partial charge in [0, 0.05) is 11.6 Å². The summed E-state index contributed by atoms with van der Waals surface area (Å²) < 4.78 is 0. The molecule has 1 N–H and O–H groups in total. The van der Waals surface area contributed by atoms with E-state index in [2.05, 4.69) is 45.2 Å². The Kier molecular flexibility index (Phi) is 5.26. The van der Waals surface area contributed by atoms with Gasteiger partial charge in [-0.3, -0.25) is 0 Å².